The van der Waals surface area contributed by atoms with E-state index in [9.17, 15) is 27.2 Å². The van der Waals surface area contributed by atoms with E-state index in [1.165, 1.54) is 28.4 Å². The van der Waals surface area contributed by atoms with E-state index < -0.39 is 29.8 Å². The first-order valence-electron chi connectivity index (χ1n) is 8.56. The first-order valence-corrected chi connectivity index (χ1v) is 9.38. The summed E-state index contributed by atoms with van der Waals surface area (Å²) in [4.78, 5) is 30.4. The van der Waals surface area contributed by atoms with E-state index in [0.717, 1.165) is 0 Å². The van der Waals surface area contributed by atoms with Crippen LogP contribution >= 0.6 is 11.3 Å². The van der Waals surface area contributed by atoms with Crippen molar-refractivity contribution in [1.29, 1.82) is 0 Å². The van der Waals surface area contributed by atoms with Crippen LogP contribution in [0.4, 0.5) is 17.6 Å². The van der Waals surface area contributed by atoms with Gasteiger partial charge < -0.3 is 10.2 Å². The molecule has 1 fully saturated rings. The molecule has 0 saturated carbocycles. The Morgan fingerprint density at radius 3 is 2.61 bits per heavy atom. The summed E-state index contributed by atoms with van der Waals surface area (Å²) in [7, 11) is 0. The number of aryl methyl sites for hydroxylation is 1. The van der Waals surface area contributed by atoms with Crippen LogP contribution in [0, 0.1) is 12.7 Å². The molecule has 1 aromatic heterocycles. The second-order valence-corrected chi connectivity index (χ2v) is 7.62. The normalized spacial score (nSPS) is 17.0. The molecule has 0 spiro atoms. The molecular formula is C18H17F4N3O2S. The van der Waals surface area contributed by atoms with Crippen molar-refractivity contribution in [2.45, 2.75) is 32.0 Å². The molecule has 1 N–H and O–H groups in total. The van der Waals surface area contributed by atoms with Crippen LogP contribution < -0.4 is 5.32 Å². The number of benzene rings is 1. The first-order chi connectivity index (χ1) is 13.2. The molecule has 1 aliphatic rings. The smallest absolute Gasteiger partial charge is 0.346 e. The van der Waals surface area contributed by atoms with Crippen LogP contribution in [0.15, 0.2) is 24.3 Å². The standard InChI is InChI=1S/C18H17F4N3O2S/c1-10-24-14(15(28-10)11-4-6-12(19)7-5-11)16(26)25-8-2-3-13(25)9-23-17(27)18(20,21)22/h4-7,13H,2-3,8-9H2,1H3,(H,23,27)/t13-/m0/s1. The van der Waals surface area contributed by atoms with Crippen LogP contribution in [-0.2, 0) is 4.79 Å². The van der Waals surface area contributed by atoms with E-state index in [2.05, 4.69) is 4.98 Å². The number of thiazole rings is 1. The Morgan fingerprint density at radius 2 is 1.96 bits per heavy atom. The van der Waals surface area contributed by atoms with Crippen LogP contribution in [0.1, 0.15) is 28.3 Å². The second kappa shape index (κ2) is 7.86. The van der Waals surface area contributed by atoms with Crippen molar-refractivity contribution in [2.75, 3.05) is 13.1 Å². The third kappa shape index (κ3) is 4.32. The molecule has 0 radical (unpaired) electrons. The zero-order valence-corrected chi connectivity index (χ0v) is 15.7. The Kier molecular flexibility index (Phi) is 5.69. The van der Waals surface area contributed by atoms with Gasteiger partial charge in [0.05, 0.1) is 9.88 Å². The molecule has 2 aromatic rings. The second-order valence-electron chi connectivity index (χ2n) is 6.42. The number of alkyl halides is 3. The monoisotopic (exact) mass is 415 g/mol. The zero-order valence-electron chi connectivity index (χ0n) is 14.8. The molecule has 0 aliphatic carbocycles. The van der Waals surface area contributed by atoms with Gasteiger partial charge in [-0.3, -0.25) is 9.59 Å². The van der Waals surface area contributed by atoms with Gasteiger partial charge in [0.1, 0.15) is 11.5 Å². The first kappa shape index (κ1) is 20.2. The summed E-state index contributed by atoms with van der Waals surface area (Å²) in [5.41, 5.74) is 0.819. The van der Waals surface area contributed by atoms with Crippen molar-refractivity contribution in [1.82, 2.24) is 15.2 Å². The Morgan fingerprint density at radius 1 is 1.29 bits per heavy atom. The summed E-state index contributed by atoms with van der Waals surface area (Å²) >= 11 is 1.28. The number of nitrogens with zero attached hydrogens (tertiary/aromatic N) is 2. The maximum absolute atomic E-state index is 13.2. The summed E-state index contributed by atoms with van der Waals surface area (Å²) in [5, 5.41) is 2.48. The number of hydrogen-bond donors (Lipinski definition) is 1. The van der Waals surface area contributed by atoms with Crippen LogP contribution in [0.5, 0.6) is 0 Å². The number of hydrogen-bond acceptors (Lipinski definition) is 4. The molecule has 2 amide bonds. The SMILES string of the molecule is Cc1nc(C(=O)N2CCC[C@H]2CNC(=O)C(F)(F)F)c(-c2ccc(F)cc2)s1. The molecular weight excluding hydrogens is 398 g/mol. The number of rotatable bonds is 4. The Balaban J connectivity index is 1.80. The van der Waals surface area contributed by atoms with E-state index in [1.807, 2.05) is 5.32 Å². The van der Waals surface area contributed by atoms with Crippen molar-refractivity contribution in [3.8, 4) is 10.4 Å². The quantitative estimate of drug-likeness (QED) is 0.777. The van der Waals surface area contributed by atoms with Crippen LogP contribution in [0.25, 0.3) is 10.4 Å². The Hall–Kier alpha value is -2.49. The van der Waals surface area contributed by atoms with E-state index in [1.54, 1.807) is 19.1 Å². The minimum Gasteiger partial charge on any atom is -0.346 e. The topological polar surface area (TPSA) is 62.3 Å². The lowest BCUT2D eigenvalue weighted by Crippen LogP contribution is -2.46. The van der Waals surface area contributed by atoms with Gasteiger partial charge in [0, 0.05) is 19.1 Å². The summed E-state index contributed by atoms with van der Waals surface area (Å²) in [5.74, 6) is -2.84. The van der Waals surface area contributed by atoms with Gasteiger partial charge >= 0.3 is 12.1 Å². The highest BCUT2D eigenvalue weighted by molar-refractivity contribution is 7.15. The molecule has 2 heterocycles. The lowest BCUT2D eigenvalue weighted by molar-refractivity contribution is -0.173. The fourth-order valence-electron chi connectivity index (χ4n) is 3.13. The van der Waals surface area contributed by atoms with Gasteiger partial charge in [-0.05, 0) is 37.5 Å². The highest BCUT2D eigenvalue weighted by atomic mass is 32.1. The number of nitrogens with one attached hydrogen (secondary N) is 1. The third-order valence-electron chi connectivity index (χ3n) is 4.44. The molecule has 5 nitrogen and oxygen atoms in total. The molecule has 1 saturated heterocycles. The minimum absolute atomic E-state index is 0.183. The molecule has 1 aliphatic heterocycles. The number of aromatic nitrogens is 1. The number of carbonyl (C=O) groups excluding carboxylic acids is 2. The lowest BCUT2D eigenvalue weighted by atomic mass is 10.1. The summed E-state index contributed by atoms with van der Waals surface area (Å²) in [6.07, 6.45) is -3.86. The van der Waals surface area contributed by atoms with Crippen molar-refractivity contribution in [2.24, 2.45) is 0 Å². The average molecular weight is 415 g/mol. The van der Waals surface area contributed by atoms with Gasteiger partial charge in [0.25, 0.3) is 5.91 Å². The summed E-state index contributed by atoms with van der Waals surface area (Å²) in [6, 6.07) is 5.11. The summed E-state index contributed by atoms with van der Waals surface area (Å²) < 4.78 is 50.4. The van der Waals surface area contributed by atoms with E-state index in [4.69, 9.17) is 0 Å². The maximum atomic E-state index is 13.2. The van der Waals surface area contributed by atoms with E-state index in [-0.39, 0.29) is 12.2 Å². The molecule has 1 atom stereocenters. The molecule has 1 aromatic carbocycles. The predicted molar refractivity (Wildman–Crippen MR) is 95.4 cm³/mol. The zero-order chi connectivity index (χ0) is 20.5. The van der Waals surface area contributed by atoms with Gasteiger partial charge in [-0.15, -0.1) is 11.3 Å². The number of halogens is 4. The summed E-state index contributed by atoms with van der Waals surface area (Å²) in [6.45, 7) is 1.82. The highest BCUT2D eigenvalue weighted by Crippen LogP contribution is 2.32. The van der Waals surface area contributed by atoms with Gasteiger partial charge in [0.2, 0.25) is 0 Å². The van der Waals surface area contributed by atoms with Gasteiger partial charge in [-0.25, -0.2) is 9.37 Å². The molecule has 0 bridgehead atoms. The van der Waals surface area contributed by atoms with Crippen LogP contribution in [0.3, 0.4) is 0 Å². The minimum atomic E-state index is -4.96. The predicted octanol–water partition coefficient (Wildman–Crippen LogP) is 3.54. The third-order valence-corrected chi connectivity index (χ3v) is 5.46. The largest absolute Gasteiger partial charge is 0.471 e. The molecule has 150 valence electrons. The average Bonchev–Trinajstić information content (AvgIpc) is 3.25. The molecule has 28 heavy (non-hydrogen) atoms. The van der Waals surface area contributed by atoms with Crippen LogP contribution in [0.2, 0.25) is 0 Å². The van der Waals surface area contributed by atoms with Gasteiger partial charge in [-0.2, -0.15) is 13.2 Å². The van der Waals surface area contributed by atoms with Crippen molar-refractivity contribution >= 4 is 23.2 Å². The molecule has 0 unspecified atom stereocenters. The fourth-order valence-corrected chi connectivity index (χ4v) is 4.05. The maximum Gasteiger partial charge on any atom is 0.471 e. The highest BCUT2D eigenvalue weighted by Gasteiger charge is 2.40. The van der Waals surface area contributed by atoms with Crippen molar-refractivity contribution in [3.05, 3.63) is 40.8 Å². The fraction of sp³-hybridized carbons (Fsp3) is 0.389. The van der Waals surface area contributed by atoms with Crippen LogP contribution in [-0.4, -0.2) is 47.0 Å². The number of amides is 2. The Bertz CT molecular complexity index is 880. The lowest BCUT2D eigenvalue weighted by Gasteiger charge is -2.25. The van der Waals surface area contributed by atoms with Gasteiger partial charge in [0.15, 0.2) is 0 Å². The van der Waals surface area contributed by atoms with E-state index >= 15 is 0 Å². The van der Waals surface area contributed by atoms with Gasteiger partial charge in [-0.1, -0.05) is 12.1 Å². The molecule has 3 rings (SSSR count). The van der Waals surface area contributed by atoms with Crippen molar-refractivity contribution < 1.29 is 27.2 Å². The number of carbonyl (C=O) groups is 2. The van der Waals surface area contributed by atoms with Crippen molar-refractivity contribution in [3.63, 3.8) is 0 Å². The number of likely N-dealkylation sites (tertiary alicyclic amines) is 1. The van der Waals surface area contributed by atoms with E-state index in [0.29, 0.717) is 34.8 Å². The molecule has 10 heteroatoms. The Labute approximate surface area is 162 Å².